The van der Waals surface area contributed by atoms with E-state index >= 15 is 0 Å². The van der Waals surface area contributed by atoms with Crippen LogP contribution in [0.2, 0.25) is 0 Å². The van der Waals surface area contributed by atoms with E-state index in [-0.39, 0.29) is 0 Å². The predicted molar refractivity (Wildman–Crippen MR) is 65.8 cm³/mol. The van der Waals surface area contributed by atoms with Crippen molar-refractivity contribution >= 4 is 22.0 Å². The van der Waals surface area contributed by atoms with Crippen LogP contribution in [0, 0.1) is 0 Å². The first-order valence-electron chi connectivity index (χ1n) is 4.90. The van der Waals surface area contributed by atoms with Crippen LogP contribution in [0.1, 0.15) is 23.5 Å². The fraction of sp³-hybridized carbons (Fsp3) is 0.231. The Morgan fingerprint density at radius 1 is 1.21 bits per heavy atom. The van der Waals surface area contributed by atoms with Gasteiger partial charge in [-0.15, -0.1) is 0 Å². The average molecular weight is 249 g/mol. The van der Waals surface area contributed by atoms with Crippen molar-refractivity contribution < 1.29 is 0 Å². The molecular weight excluding hydrogens is 236 g/mol. The zero-order valence-corrected chi connectivity index (χ0v) is 9.57. The molecule has 0 aromatic heterocycles. The molecular formula is C13H13Br. The van der Waals surface area contributed by atoms with E-state index in [0.717, 1.165) is 11.8 Å². The molecule has 1 unspecified atom stereocenters. The Balaban J connectivity index is 2.11. The summed E-state index contributed by atoms with van der Waals surface area (Å²) in [5, 5.41) is 0.949. The van der Waals surface area contributed by atoms with E-state index in [4.69, 9.17) is 0 Å². The van der Waals surface area contributed by atoms with Crippen LogP contribution in [0.4, 0.5) is 0 Å². The standard InChI is InChI=1S/C13H13Br/c14-10-4-3-6-12-9-8-11-5-1-2-7-13(11)12/h1-5,7-9,12H,6,10H2/b4-3+. The van der Waals surface area contributed by atoms with Gasteiger partial charge in [0, 0.05) is 11.2 Å². The molecule has 1 aromatic rings. The van der Waals surface area contributed by atoms with Gasteiger partial charge in [0.2, 0.25) is 0 Å². The summed E-state index contributed by atoms with van der Waals surface area (Å²) in [6.07, 6.45) is 10.0. The van der Waals surface area contributed by atoms with Crippen molar-refractivity contribution in [1.29, 1.82) is 0 Å². The summed E-state index contributed by atoms with van der Waals surface area (Å²) in [5.41, 5.74) is 2.84. The largest absolute Gasteiger partial charge is 0.0883 e. The zero-order chi connectivity index (χ0) is 9.80. The van der Waals surface area contributed by atoms with Gasteiger partial charge in [0.1, 0.15) is 0 Å². The van der Waals surface area contributed by atoms with Crippen LogP contribution in [0.15, 0.2) is 42.5 Å². The molecule has 0 bridgehead atoms. The number of rotatable bonds is 3. The lowest BCUT2D eigenvalue weighted by atomic mass is 9.98. The van der Waals surface area contributed by atoms with Crippen LogP contribution in [0.3, 0.4) is 0 Å². The minimum absolute atomic E-state index is 0.585. The summed E-state index contributed by atoms with van der Waals surface area (Å²) >= 11 is 3.39. The summed E-state index contributed by atoms with van der Waals surface area (Å²) in [5.74, 6) is 0.585. The Labute approximate surface area is 93.5 Å². The molecule has 2 rings (SSSR count). The molecule has 0 fully saturated rings. The minimum atomic E-state index is 0.585. The number of fused-ring (bicyclic) bond motifs is 1. The second-order valence-corrected chi connectivity index (χ2v) is 4.10. The Hall–Kier alpha value is -0.820. The number of alkyl halides is 1. The molecule has 1 aliphatic carbocycles. The van der Waals surface area contributed by atoms with E-state index in [2.05, 4.69) is 64.5 Å². The number of halogens is 1. The monoisotopic (exact) mass is 248 g/mol. The fourth-order valence-corrected chi connectivity index (χ4v) is 2.10. The van der Waals surface area contributed by atoms with Gasteiger partial charge < -0.3 is 0 Å². The predicted octanol–water partition coefficient (Wildman–Crippen LogP) is 4.14. The van der Waals surface area contributed by atoms with Gasteiger partial charge in [-0.3, -0.25) is 0 Å². The molecule has 72 valence electrons. The molecule has 0 radical (unpaired) electrons. The summed E-state index contributed by atoms with van der Waals surface area (Å²) in [7, 11) is 0. The Morgan fingerprint density at radius 2 is 2.07 bits per heavy atom. The lowest BCUT2D eigenvalue weighted by Crippen LogP contribution is -1.90. The second kappa shape index (κ2) is 4.61. The van der Waals surface area contributed by atoms with Crippen molar-refractivity contribution in [3.63, 3.8) is 0 Å². The molecule has 0 saturated carbocycles. The van der Waals surface area contributed by atoms with Crippen molar-refractivity contribution in [3.8, 4) is 0 Å². The lowest BCUT2D eigenvalue weighted by molar-refractivity contribution is 0.879. The number of hydrogen-bond acceptors (Lipinski definition) is 0. The summed E-state index contributed by atoms with van der Waals surface area (Å²) in [4.78, 5) is 0. The quantitative estimate of drug-likeness (QED) is 0.558. The van der Waals surface area contributed by atoms with Gasteiger partial charge in [0.25, 0.3) is 0 Å². The summed E-state index contributed by atoms with van der Waals surface area (Å²) in [6, 6.07) is 8.62. The van der Waals surface area contributed by atoms with Crippen molar-refractivity contribution in [2.75, 3.05) is 5.33 Å². The normalized spacial score (nSPS) is 19.1. The first-order valence-corrected chi connectivity index (χ1v) is 6.02. The first-order chi connectivity index (χ1) is 6.92. The van der Waals surface area contributed by atoms with Gasteiger partial charge in [0.15, 0.2) is 0 Å². The molecule has 0 spiro atoms. The Bertz CT molecular complexity index is 363. The molecule has 14 heavy (non-hydrogen) atoms. The van der Waals surface area contributed by atoms with E-state index in [1.54, 1.807) is 0 Å². The van der Waals surface area contributed by atoms with Crippen LogP contribution in [-0.2, 0) is 0 Å². The molecule has 0 nitrogen and oxygen atoms in total. The third-order valence-corrected chi connectivity index (χ3v) is 2.92. The second-order valence-electron chi connectivity index (χ2n) is 3.46. The SMILES string of the molecule is BrC/C=C/CC1C=Cc2ccccc21. The van der Waals surface area contributed by atoms with E-state index in [1.165, 1.54) is 11.1 Å². The molecule has 0 amide bonds. The number of benzene rings is 1. The molecule has 1 atom stereocenters. The molecule has 1 aliphatic rings. The van der Waals surface area contributed by atoms with Crippen LogP contribution in [-0.4, -0.2) is 5.33 Å². The highest BCUT2D eigenvalue weighted by Gasteiger charge is 2.14. The smallest absolute Gasteiger partial charge is 0.0212 e. The van der Waals surface area contributed by atoms with E-state index in [1.807, 2.05) is 0 Å². The van der Waals surface area contributed by atoms with Gasteiger partial charge >= 0.3 is 0 Å². The Kier molecular flexibility index (Phi) is 3.20. The number of allylic oxidation sites excluding steroid dienone is 3. The van der Waals surface area contributed by atoms with Crippen LogP contribution < -0.4 is 0 Å². The minimum Gasteiger partial charge on any atom is -0.0883 e. The first kappa shape index (κ1) is 9.72. The maximum absolute atomic E-state index is 3.39. The highest BCUT2D eigenvalue weighted by Crippen LogP contribution is 2.32. The van der Waals surface area contributed by atoms with Crippen molar-refractivity contribution in [2.24, 2.45) is 0 Å². The van der Waals surface area contributed by atoms with Gasteiger partial charge in [-0.2, -0.15) is 0 Å². The van der Waals surface area contributed by atoms with Gasteiger partial charge in [-0.05, 0) is 17.5 Å². The molecule has 0 aliphatic heterocycles. The van der Waals surface area contributed by atoms with Crippen LogP contribution in [0.5, 0.6) is 0 Å². The summed E-state index contributed by atoms with van der Waals surface area (Å²) in [6.45, 7) is 0. The van der Waals surface area contributed by atoms with Crippen molar-refractivity contribution in [2.45, 2.75) is 12.3 Å². The van der Waals surface area contributed by atoms with Crippen molar-refractivity contribution in [3.05, 3.63) is 53.6 Å². The third kappa shape index (κ3) is 1.98. The Morgan fingerprint density at radius 3 is 2.93 bits per heavy atom. The summed E-state index contributed by atoms with van der Waals surface area (Å²) < 4.78 is 0. The highest BCUT2D eigenvalue weighted by atomic mass is 79.9. The van der Waals surface area contributed by atoms with Crippen LogP contribution in [0.25, 0.3) is 6.08 Å². The molecule has 0 heterocycles. The van der Waals surface area contributed by atoms with E-state index in [9.17, 15) is 0 Å². The lowest BCUT2D eigenvalue weighted by Gasteiger charge is -2.07. The zero-order valence-electron chi connectivity index (χ0n) is 7.99. The topological polar surface area (TPSA) is 0 Å². The number of hydrogen-bond donors (Lipinski definition) is 0. The van der Waals surface area contributed by atoms with E-state index in [0.29, 0.717) is 5.92 Å². The van der Waals surface area contributed by atoms with Gasteiger partial charge in [0.05, 0.1) is 0 Å². The van der Waals surface area contributed by atoms with Gasteiger partial charge in [-0.1, -0.05) is 64.5 Å². The van der Waals surface area contributed by atoms with E-state index < -0.39 is 0 Å². The molecule has 1 heteroatoms. The van der Waals surface area contributed by atoms with Crippen molar-refractivity contribution in [1.82, 2.24) is 0 Å². The fourth-order valence-electron chi connectivity index (χ4n) is 1.84. The molecule has 0 saturated heterocycles. The molecule has 0 N–H and O–H groups in total. The van der Waals surface area contributed by atoms with Crippen LogP contribution >= 0.6 is 15.9 Å². The van der Waals surface area contributed by atoms with Gasteiger partial charge in [-0.25, -0.2) is 0 Å². The highest BCUT2D eigenvalue weighted by molar-refractivity contribution is 9.09. The average Bonchev–Trinajstić information content (AvgIpc) is 2.63. The maximum atomic E-state index is 3.39. The third-order valence-electron chi connectivity index (χ3n) is 2.55. The molecule has 1 aromatic carbocycles. The maximum Gasteiger partial charge on any atom is 0.0212 e.